The summed E-state index contributed by atoms with van der Waals surface area (Å²) < 4.78 is 1.98. The van der Waals surface area contributed by atoms with Gasteiger partial charge in [0.05, 0.1) is 12.2 Å². The Hall–Kier alpha value is -0.870. The van der Waals surface area contributed by atoms with Gasteiger partial charge in [-0.25, -0.2) is 0 Å². The maximum atomic E-state index is 4.39. The van der Waals surface area contributed by atoms with Crippen LogP contribution in [0.1, 0.15) is 32.0 Å². The molecular formula is C16H18Br2N2. The maximum Gasteiger partial charge on any atom is 0.0737 e. The van der Waals surface area contributed by atoms with Crippen LogP contribution in [-0.4, -0.2) is 4.98 Å². The second-order valence-electron chi connectivity index (χ2n) is 5.76. The summed E-state index contributed by atoms with van der Waals surface area (Å²) in [4.78, 5) is 4.39. The monoisotopic (exact) mass is 396 g/mol. The Bertz CT molecular complexity index is 586. The Morgan fingerprint density at radius 2 is 1.75 bits per heavy atom. The van der Waals surface area contributed by atoms with Crippen LogP contribution in [-0.2, 0) is 12.0 Å². The lowest BCUT2D eigenvalue weighted by Gasteiger charge is -2.19. The van der Waals surface area contributed by atoms with Gasteiger partial charge in [-0.1, -0.05) is 32.9 Å². The molecule has 0 atom stereocenters. The zero-order valence-corrected chi connectivity index (χ0v) is 15.0. The van der Waals surface area contributed by atoms with Crippen molar-refractivity contribution < 1.29 is 0 Å². The lowest BCUT2D eigenvalue weighted by atomic mass is 9.87. The van der Waals surface area contributed by atoms with Crippen molar-refractivity contribution in [3.63, 3.8) is 0 Å². The minimum absolute atomic E-state index is 0.189. The van der Waals surface area contributed by atoms with E-state index in [4.69, 9.17) is 0 Å². The van der Waals surface area contributed by atoms with Gasteiger partial charge in [0, 0.05) is 20.8 Å². The minimum atomic E-state index is 0.189. The van der Waals surface area contributed by atoms with E-state index in [0.29, 0.717) is 6.54 Å². The summed E-state index contributed by atoms with van der Waals surface area (Å²) in [6, 6.07) is 10.6. The molecule has 0 aliphatic carbocycles. The van der Waals surface area contributed by atoms with Crippen LogP contribution in [0, 0.1) is 0 Å². The van der Waals surface area contributed by atoms with Gasteiger partial charge >= 0.3 is 0 Å². The van der Waals surface area contributed by atoms with E-state index in [-0.39, 0.29) is 5.41 Å². The van der Waals surface area contributed by atoms with Crippen molar-refractivity contribution in [3.05, 3.63) is 56.7 Å². The summed E-state index contributed by atoms with van der Waals surface area (Å²) in [5, 5.41) is 3.39. The molecule has 1 heterocycles. The predicted molar refractivity (Wildman–Crippen MR) is 92.1 cm³/mol. The van der Waals surface area contributed by atoms with Gasteiger partial charge < -0.3 is 5.32 Å². The van der Waals surface area contributed by atoms with Crippen molar-refractivity contribution in [3.8, 4) is 0 Å². The molecule has 1 N–H and O–H groups in total. The summed E-state index contributed by atoms with van der Waals surface area (Å²) >= 11 is 6.93. The van der Waals surface area contributed by atoms with Gasteiger partial charge in [0.2, 0.25) is 0 Å². The first-order chi connectivity index (χ1) is 9.36. The molecule has 0 aliphatic rings. The number of nitrogens with one attached hydrogen (secondary N) is 1. The molecule has 1 aromatic heterocycles. The van der Waals surface area contributed by atoms with Crippen LogP contribution < -0.4 is 5.32 Å². The predicted octanol–water partition coefficient (Wildman–Crippen LogP) is 5.52. The molecular weight excluding hydrogens is 380 g/mol. The highest BCUT2D eigenvalue weighted by atomic mass is 79.9. The quantitative estimate of drug-likeness (QED) is 0.737. The lowest BCUT2D eigenvalue weighted by Crippen LogP contribution is -2.11. The maximum absolute atomic E-state index is 4.39. The molecule has 0 fully saturated rings. The minimum Gasteiger partial charge on any atom is -0.379 e. The molecule has 0 saturated heterocycles. The third kappa shape index (κ3) is 4.06. The van der Waals surface area contributed by atoms with Gasteiger partial charge in [-0.3, -0.25) is 4.98 Å². The molecule has 0 amide bonds. The molecule has 0 radical (unpaired) electrons. The van der Waals surface area contributed by atoms with E-state index in [0.717, 1.165) is 20.3 Å². The molecule has 0 unspecified atom stereocenters. The van der Waals surface area contributed by atoms with E-state index in [1.54, 1.807) is 0 Å². The molecule has 20 heavy (non-hydrogen) atoms. The van der Waals surface area contributed by atoms with E-state index in [1.165, 1.54) is 5.56 Å². The molecule has 4 heteroatoms. The van der Waals surface area contributed by atoms with Gasteiger partial charge in [-0.2, -0.15) is 0 Å². The first-order valence-corrected chi connectivity index (χ1v) is 8.09. The third-order valence-electron chi connectivity index (χ3n) is 3.09. The first kappa shape index (κ1) is 15.5. The number of nitrogens with zero attached hydrogens (tertiary/aromatic N) is 1. The number of pyridine rings is 1. The van der Waals surface area contributed by atoms with Crippen LogP contribution in [0.25, 0.3) is 0 Å². The average Bonchev–Trinajstić information content (AvgIpc) is 2.37. The number of aromatic nitrogens is 1. The Kier molecular flexibility index (Phi) is 4.86. The van der Waals surface area contributed by atoms with E-state index in [2.05, 4.69) is 87.2 Å². The van der Waals surface area contributed by atoms with Crippen molar-refractivity contribution in [2.24, 2.45) is 0 Å². The van der Waals surface area contributed by atoms with Crippen LogP contribution in [0.5, 0.6) is 0 Å². The molecule has 2 nitrogen and oxygen atoms in total. The summed E-state index contributed by atoms with van der Waals surface area (Å²) in [6.45, 7) is 7.36. The Balaban J connectivity index is 2.04. The van der Waals surface area contributed by atoms with Gasteiger partial charge in [-0.05, 0) is 61.0 Å². The second kappa shape index (κ2) is 6.27. The number of hydrogen-bond donors (Lipinski definition) is 1. The van der Waals surface area contributed by atoms with Crippen molar-refractivity contribution in [2.45, 2.75) is 32.7 Å². The average molecular weight is 398 g/mol. The zero-order valence-electron chi connectivity index (χ0n) is 11.9. The molecule has 2 aromatic rings. The highest BCUT2D eigenvalue weighted by Gasteiger charge is 2.12. The molecule has 0 bridgehead atoms. The van der Waals surface area contributed by atoms with Crippen LogP contribution in [0.4, 0.5) is 5.69 Å². The molecule has 2 rings (SSSR count). The highest BCUT2D eigenvalue weighted by molar-refractivity contribution is 9.11. The van der Waals surface area contributed by atoms with Gasteiger partial charge in [-0.15, -0.1) is 0 Å². The fourth-order valence-electron chi connectivity index (χ4n) is 1.85. The fourth-order valence-corrected chi connectivity index (χ4v) is 2.97. The normalized spacial score (nSPS) is 11.4. The second-order valence-corrected chi connectivity index (χ2v) is 7.53. The molecule has 0 spiro atoms. The summed E-state index contributed by atoms with van der Waals surface area (Å²) in [7, 11) is 0. The van der Waals surface area contributed by atoms with E-state index in [1.807, 2.05) is 12.3 Å². The largest absolute Gasteiger partial charge is 0.379 e. The molecule has 0 aliphatic heterocycles. The smallest absolute Gasteiger partial charge is 0.0737 e. The Morgan fingerprint density at radius 3 is 2.30 bits per heavy atom. The van der Waals surface area contributed by atoms with Crippen molar-refractivity contribution in [1.29, 1.82) is 0 Å². The van der Waals surface area contributed by atoms with E-state index in [9.17, 15) is 0 Å². The zero-order chi connectivity index (χ0) is 14.8. The number of hydrogen-bond acceptors (Lipinski definition) is 2. The fraction of sp³-hybridized carbons (Fsp3) is 0.312. The molecule has 1 aromatic carbocycles. The summed E-state index contributed by atoms with van der Waals surface area (Å²) in [5.74, 6) is 0. The number of anilines is 1. The van der Waals surface area contributed by atoms with Gasteiger partial charge in [0.15, 0.2) is 0 Å². The number of rotatable bonds is 3. The van der Waals surface area contributed by atoms with Crippen molar-refractivity contribution >= 4 is 37.5 Å². The highest BCUT2D eigenvalue weighted by Crippen LogP contribution is 2.24. The Morgan fingerprint density at radius 1 is 1.10 bits per heavy atom. The number of benzene rings is 1. The lowest BCUT2D eigenvalue weighted by molar-refractivity contribution is 0.590. The first-order valence-electron chi connectivity index (χ1n) is 6.50. The van der Waals surface area contributed by atoms with Crippen LogP contribution in [0.2, 0.25) is 0 Å². The van der Waals surface area contributed by atoms with Crippen LogP contribution in [0.3, 0.4) is 0 Å². The SMILES string of the molecule is CC(C)(C)c1ccc(NCc2ncc(Br)cc2Br)cc1. The van der Waals surface area contributed by atoms with Crippen LogP contribution >= 0.6 is 31.9 Å². The summed E-state index contributed by atoms with van der Waals surface area (Å²) in [6.07, 6.45) is 1.81. The van der Waals surface area contributed by atoms with Crippen LogP contribution in [0.15, 0.2) is 45.5 Å². The Labute approximate surface area is 137 Å². The summed E-state index contributed by atoms with van der Waals surface area (Å²) in [5.41, 5.74) is 3.63. The standard InChI is InChI=1S/C16H18Br2N2/c1-16(2,3)11-4-6-13(7-5-11)19-10-15-14(18)8-12(17)9-20-15/h4-9,19H,10H2,1-3H3. The third-order valence-corrected chi connectivity index (χ3v) is 4.22. The topological polar surface area (TPSA) is 24.9 Å². The van der Waals surface area contributed by atoms with Gasteiger partial charge in [0.1, 0.15) is 0 Å². The van der Waals surface area contributed by atoms with E-state index < -0.39 is 0 Å². The molecule has 106 valence electrons. The van der Waals surface area contributed by atoms with Crippen molar-refractivity contribution in [1.82, 2.24) is 4.98 Å². The van der Waals surface area contributed by atoms with Crippen molar-refractivity contribution in [2.75, 3.05) is 5.32 Å². The van der Waals surface area contributed by atoms with Gasteiger partial charge in [0.25, 0.3) is 0 Å². The van der Waals surface area contributed by atoms with E-state index >= 15 is 0 Å². The molecule has 0 saturated carbocycles. The number of halogens is 2.